The van der Waals surface area contributed by atoms with Gasteiger partial charge < -0.3 is 4.12 Å². The SMILES string of the molecule is CCC(C(C)[Si](C)(C)C)[Si](O[Si](C)(C)C)[Si](C)(C)C. The molecule has 0 aliphatic carbocycles. The summed E-state index contributed by atoms with van der Waals surface area (Å²) < 4.78 is 6.80. The number of hydrogen-bond donors (Lipinski definition) is 0. The van der Waals surface area contributed by atoms with Crippen molar-refractivity contribution in [3.8, 4) is 0 Å². The molecule has 1 radical (unpaired) electrons. The first-order valence-corrected chi connectivity index (χ1v) is 20.7. The summed E-state index contributed by atoms with van der Waals surface area (Å²) in [6, 6.07) is 0. The van der Waals surface area contributed by atoms with Crippen LogP contribution in [-0.2, 0) is 4.12 Å². The molecule has 1 nitrogen and oxygen atoms in total. The molecule has 19 heavy (non-hydrogen) atoms. The van der Waals surface area contributed by atoms with E-state index in [0.29, 0.717) is 0 Å². The zero-order chi connectivity index (χ0) is 15.6. The lowest BCUT2D eigenvalue weighted by atomic mass is 10.2. The van der Waals surface area contributed by atoms with E-state index in [2.05, 4.69) is 72.8 Å². The zero-order valence-electron chi connectivity index (χ0n) is 15.3. The highest BCUT2D eigenvalue weighted by Crippen LogP contribution is 2.41. The third kappa shape index (κ3) is 6.88. The minimum atomic E-state index is -1.42. The van der Waals surface area contributed by atoms with Crippen LogP contribution >= 0.6 is 0 Å². The maximum atomic E-state index is 6.80. The summed E-state index contributed by atoms with van der Waals surface area (Å²) in [5.74, 6) is 0. The van der Waals surface area contributed by atoms with E-state index >= 15 is 0 Å². The van der Waals surface area contributed by atoms with Gasteiger partial charge in [-0.3, -0.25) is 0 Å². The summed E-state index contributed by atoms with van der Waals surface area (Å²) in [6.07, 6.45) is 1.31. The largest absolute Gasteiger partial charge is 0.458 e. The molecule has 0 aromatic heterocycles. The molecular formula is C14H37OSi4. The fraction of sp³-hybridized carbons (Fsp3) is 1.00. The Morgan fingerprint density at radius 2 is 1.32 bits per heavy atom. The molecule has 0 fully saturated rings. The molecule has 0 aliphatic heterocycles. The van der Waals surface area contributed by atoms with E-state index in [1.54, 1.807) is 0 Å². The molecule has 0 aromatic carbocycles. The molecule has 0 heterocycles. The predicted molar refractivity (Wildman–Crippen MR) is 100 cm³/mol. The number of hydrogen-bond acceptors (Lipinski definition) is 1. The molecule has 0 amide bonds. The van der Waals surface area contributed by atoms with Crippen molar-refractivity contribution in [1.82, 2.24) is 0 Å². The highest BCUT2D eigenvalue weighted by molar-refractivity contribution is 7.31. The predicted octanol–water partition coefficient (Wildman–Crippen LogP) is 5.75. The van der Waals surface area contributed by atoms with Crippen molar-refractivity contribution in [3.63, 3.8) is 0 Å². The third-order valence-corrected chi connectivity index (χ3v) is 20.2. The second-order valence-electron chi connectivity index (χ2n) is 9.00. The summed E-state index contributed by atoms with van der Waals surface area (Å²) in [4.78, 5) is 0. The van der Waals surface area contributed by atoms with E-state index < -0.39 is 32.5 Å². The van der Waals surface area contributed by atoms with Gasteiger partial charge in [0.1, 0.15) is 0 Å². The van der Waals surface area contributed by atoms with Gasteiger partial charge >= 0.3 is 0 Å². The van der Waals surface area contributed by atoms with Gasteiger partial charge in [-0.2, -0.15) is 0 Å². The molecule has 0 rings (SSSR count). The molecular weight excluding hydrogens is 296 g/mol. The van der Waals surface area contributed by atoms with Gasteiger partial charge in [-0.15, -0.1) is 0 Å². The molecule has 5 heteroatoms. The molecule has 0 spiro atoms. The highest BCUT2D eigenvalue weighted by atomic mass is 29.2. The van der Waals surface area contributed by atoms with Crippen LogP contribution in [0.5, 0.6) is 0 Å². The van der Waals surface area contributed by atoms with Gasteiger partial charge in [0.2, 0.25) is 0 Å². The minimum Gasteiger partial charge on any atom is -0.458 e. The summed E-state index contributed by atoms with van der Waals surface area (Å²) in [7, 11) is -4.34. The van der Waals surface area contributed by atoms with Crippen LogP contribution in [0.2, 0.25) is 70.0 Å². The normalized spacial score (nSPS) is 17.7. The van der Waals surface area contributed by atoms with Gasteiger partial charge in [-0.1, -0.05) is 59.6 Å². The topological polar surface area (TPSA) is 9.23 Å². The van der Waals surface area contributed by atoms with E-state index in [-0.39, 0.29) is 0 Å². The summed E-state index contributed by atoms with van der Waals surface area (Å²) in [5.41, 5.74) is 1.74. The smallest absolute Gasteiger partial charge is 0.184 e. The summed E-state index contributed by atoms with van der Waals surface area (Å²) in [5, 5.41) is 0. The van der Waals surface area contributed by atoms with Gasteiger partial charge in [0.05, 0.1) is 7.59 Å². The lowest BCUT2D eigenvalue weighted by Crippen LogP contribution is -2.55. The molecule has 0 saturated carbocycles. The van der Waals surface area contributed by atoms with Gasteiger partial charge in [-0.25, -0.2) is 0 Å². The van der Waals surface area contributed by atoms with E-state index in [9.17, 15) is 0 Å². The fourth-order valence-electron chi connectivity index (χ4n) is 2.48. The van der Waals surface area contributed by atoms with Gasteiger partial charge in [0.25, 0.3) is 0 Å². The average molecular weight is 334 g/mol. The Morgan fingerprint density at radius 3 is 1.53 bits per heavy atom. The van der Waals surface area contributed by atoms with Crippen LogP contribution in [0.25, 0.3) is 0 Å². The van der Waals surface area contributed by atoms with Crippen LogP contribution < -0.4 is 0 Å². The van der Waals surface area contributed by atoms with Crippen LogP contribution in [0.4, 0.5) is 0 Å². The maximum Gasteiger partial charge on any atom is 0.184 e. The van der Waals surface area contributed by atoms with Crippen molar-refractivity contribution in [1.29, 1.82) is 0 Å². The van der Waals surface area contributed by atoms with Crippen molar-refractivity contribution < 1.29 is 4.12 Å². The Balaban J connectivity index is 5.33. The first-order valence-electron chi connectivity index (χ1n) is 7.76. The molecule has 2 unspecified atom stereocenters. The Labute approximate surface area is 127 Å². The number of rotatable bonds is 7. The van der Waals surface area contributed by atoms with Gasteiger partial charge in [-0.05, 0) is 30.7 Å². The summed E-state index contributed by atoms with van der Waals surface area (Å²) >= 11 is 0. The third-order valence-electron chi connectivity index (χ3n) is 3.90. The molecule has 0 saturated heterocycles. The Kier molecular flexibility index (Phi) is 7.02. The minimum absolute atomic E-state index is 0.653. The van der Waals surface area contributed by atoms with Crippen molar-refractivity contribution >= 4 is 32.5 Å². The molecule has 0 aliphatic rings. The van der Waals surface area contributed by atoms with Crippen LogP contribution in [-0.4, -0.2) is 32.5 Å². The Bertz CT molecular complexity index is 273. The van der Waals surface area contributed by atoms with Crippen molar-refractivity contribution in [2.24, 2.45) is 0 Å². The standard InChI is InChI=1S/C14H37OSi4/c1-12-14(13(2)17(3,4)5)16(19(9,10)11)15-18(6,7)8/h13-14H,12H2,1-11H3. The van der Waals surface area contributed by atoms with E-state index in [1.165, 1.54) is 6.42 Å². The van der Waals surface area contributed by atoms with Gasteiger partial charge in [0, 0.05) is 8.07 Å². The van der Waals surface area contributed by atoms with Crippen LogP contribution in [0.1, 0.15) is 20.3 Å². The lowest BCUT2D eigenvalue weighted by molar-refractivity contribution is 0.545. The average Bonchev–Trinajstić information content (AvgIpc) is 2.12. The van der Waals surface area contributed by atoms with Crippen molar-refractivity contribution in [3.05, 3.63) is 0 Å². The van der Waals surface area contributed by atoms with Crippen molar-refractivity contribution in [2.75, 3.05) is 0 Å². The molecule has 0 N–H and O–H groups in total. The molecule has 2 atom stereocenters. The fourth-order valence-corrected chi connectivity index (χ4v) is 23.0. The second-order valence-corrected chi connectivity index (χ2v) is 31.6. The van der Waals surface area contributed by atoms with Crippen LogP contribution in [0, 0.1) is 0 Å². The van der Waals surface area contributed by atoms with Crippen LogP contribution in [0.3, 0.4) is 0 Å². The van der Waals surface area contributed by atoms with E-state index in [0.717, 1.165) is 11.1 Å². The first-order chi connectivity index (χ1) is 8.20. The maximum absolute atomic E-state index is 6.80. The first kappa shape index (κ1) is 19.8. The monoisotopic (exact) mass is 333 g/mol. The highest BCUT2D eigenvalue weighted by Gasteiger charge is 2.44. The zero-order valence-corrected chi connectivity index (χ0v) is 19.3. The molecule has 0 bridgehead atoms. The Morgan fingerprint density at radius 1 is 0.895 bits per heavy atom. The lowest BCUT2D eigenvalue weighted by Gasteiger charge is -2.43. The second kappa shape index (κ2) is 6.73. The molecule has 0 aromatic rings. The van der Waals surface area contributed by atoms with Crippen LogP contribution in [0.15, 0.2) is 0 Å². The van der Waals surface area contributed by atoms with E-state index in [4.69, 9.17) is 4.12 Å². The molecule has 115 valence electrons. The Hall–Kier alpha value is 0.828. The van der Waals surface area contributed by atoms with E-state index in [1.807, 2.05) is 0 Å². The van der Waals surface area contributed by atoms with Crippen molar-refractivity contribution in [2.45, 2.75) is 90.3 Å². The van der Waals surface area contributed by atoms with Gasteiger partial charge in [0.15, 0.2) is 16.9 Å². The quantitative estimate of drug-likeness (QED) is 0.539. The summed E-state index contributed by atoms with van der Waals surface area (Å²) in [6.45, 7) is 27.2.